The van der Waals surface area contributed by atoms with Crippen molar-refractivity contribution in [2.45, 2.75) is 0 Å². The van der Waals surface area contributed by atoms with E-state index < -0.39 is 0 Å². The maximum atomic E-state index is 12.3. The predicted molar refractivity (Wildman–Crippen MR) is 91.6 cm³/mol. The molecule has 6 nitrogen and oxygen atoms in total. The van der Waals surface area contributed by atoms with Crippen LogP contribution >= 0.6 is 0 Å². The topological polar surface area (TPSA) is 76.7 Å². The number of rotatable bonds is 7. The predicted octanol–water partition coefficient (Wildman–Crippen LogP) is 2.32. The molecular weight excluding hydrogens is 308 g/mol. The molecule has 0 aromatic heterocycles. The van der Waals surface area contributed by atoms with Gasteiger partial charge in [0.1, 0.15) is 5.75 Å². The minimum absolute atomic E-state index is 0.247. The summed E-state index contributed by atoms with van der Waals surface area (Å²) in [6.07, 6.45) is 0. The summed E-state index contributed by atoms with van der Waals surface area (Å²) in [6, 6.07) is 13.6. The lowest BCUT2D eigenvalue weighted by molar-refractivity contribution is 0.0937. The van der Waals surface area contributed by atoms with E-state index >= 15 is 0 Å². The average Bonchev–Trinajstić information content (AvgIpc) is 2.62. The van der Waals surface area contributed by atoms with Crippen molar-refractivity contribution in [1.29, 1.82) is 0 Å². The molecule has 0 fully saturated rings. The van der Waals surface area contributed by atoms with Gasteiger partial charge in [0.25, 0.3) is 11.8 Å². The summed E-state index contributed by atoms with van der Waals surface area (Å²) >= 11 is 0. The molecule has 0 aliphatic rings. The van der Waals surface area contributed by atoms with Crippen molar-refractivity contribution >= 4 is 17.5 Å². The Hall–Kier alpha value is -2.86. The molecule has 0 saturated carbocycles. The monoisotopic (exact) mass is 328 g/mol. The van der Waals surface area contributed by atoms with E-state index in [1.54, 1.807) is 62.8 Å². The first-order chi connectivity index (χ1) is 11.6. The number of hydrogen-bond donors (Lipinski definition) is 2. The van der Waals surface area contributed by atoms with Gasteiger partial charge in [0, 0.05) is 36.5 Å². The molecule has 2 N–H and O–H groups in total. The summed E-state index contributed by atoms with van der Waals surface area (Å²) in [6.45, 7) is 0.845. The van der Waals surface area contributed by atoms with Crippen LogP contribution in [0, 0.1) is 0 Å². The zero-order chi connectivity index (χ0) is 17.4. The number of carbonyl (C=O) groups is 2. The Bertz CT molecular complexity index is 716. The highest BCUT2D eigenvalue weighted by atomic mass is 16.5. The van der Waals surface area contributed by atoms with E-state index in [-0.39, 0.29) is 11.8 Å². The lowest BCUT2D eigenvalue weighted by Crippen LogP contribution is -2.27. The van der Waals surface area contributed by atoms with Crippen molar-refractivity contribution in [3.63, 3.8) is 0 Å². The highest BCUT2D eigenvalue weighted by Crippen LogP contribution is 2.17. The summed E-state index contributed by atoms with van der Waals surface area (Å²) in [5.41, 5.74) is 1.44. The first-order valence-electron chi connectivity index (χ1n) is 7.46. The fraction of sp³-hybridized carbons (Fsp3) is 0.222. The molecule has 0 aliphatic carbocycles. The maximum Gasteiger partial charge on any atom is 0.255 e. The van der Waals surface area contributed by atoms with Gasteiger partial charge in [-0.05, 0) is 30.3 Å². The number of amides is 2. The van der Waals surface area contributed by atoms with Crippen LogP contribution in [0.3, 0.4) is 0 Å². The van der Waals surface area contributed by atoms with Gasteiger partial charge in [0.15, 0.2) is 0 Å². The smallest absolute Gasteiger partial charge is 0.255 e. The van der Waals surface area contributed by atoms with Gasteiger partial charge in [-0.2, -0.15) is 0 Å². The van der Waals surface area contributed by atoms with Crippen LogP contribution in [0.5, 0.6) is 5.75 Å². The van der Waals surface area contributed by atoms with Gasteiger partial charge in [-0.25, -0.2) is 0 Å². The van der Waals surface area contributed by atoms with E-state index in [2.05, 4.69) is 10.6 Å². The van der Waals surface area contributed by atoms with E-state index in [1.165, 1.54) is 0 Å². The highest BCUT2D eigenvalue weighted by molar-refractivity contribution is 6.06. The van der Waals surface area contributed by atoms with Crippen LogP contribution in [0.1, 0.15) is 20.7 Å². The number of benzene rings is 2. The third-order valence-corrected chi connectivity index (χ3v) is 3.31. The summed E-state index contributed by atoms with van der Waals surface area (Å²) in [7, 11) is 3.13. The number of anilines is 1. The number of ether oxygens (including phenoxy) is 2. The first-order valence-corrected chi connectivity index (χ1v) is 7.46. The van der Waals surface area contributed by atoms with Crippen molar-refractivity contribution in [3.05, 3.63) is 59.7 Å². The molecule has 2 amide bonds. The lowest BCUT2D eigenvalue weighted by Gasteiger charge is -2.09. The van der Waals surface area contributed by atoms with Crippen LogP contribution in [0.2, 0.25) is 0 Å². The maximum absolute atomic E-state index is 12.3. The number of methoxy groups -OCH3 is 2. The van der Waals surface area contributed by atoms with Crippen LogP contribution in [-0.4, -0.2) is 39.2 Å². The molecule has 0 radical (unpaired) electrons. The van der Waals surface area contributed by atoms with Crippen LogP contribution in [0.15, 0.2) is 48.5 Å². The van der Waals surface area contributed by atoms with Gasteiger partial charge in [-0.15, -0.1) is 0 Å². The number of hydrogen-bond acceptors (Lipinski definition) is 4. The van der Waals surface area contributed by atoms with Crippen molar-refractivity contribution in [3.8, 4) is 5.75 Å². The quantitative estimate of drug-likeness (QED) is 0.765. The summed E-state index contributed by atoms with van der Waals surface area (Å²) in [4.78, 5) is 24.4. The number of nitrogens with one attached hydrogen (secondary N) is 2. The molecule has 24 heavy (non-hydrogen) atoms. The number of carbonyl (C=O) groups excluding carboxylic acids is 2. The molecular formula is C18H20N2O4. The molecule has 126 valence electrons. The Balaban J connectivity index is 2.06. The van der Waals surface area contributed by atoms with Gasteiger partial charge in [0.2, 0.25) is 0 Å². The molecule has 2 aromatic rings. The van der Waals surface area contributed by atoms with E-state index in [0.717, 1.165) is 0 Å². The lowest BCUT2D eigenvalue weighted by atomic mass is 10.1. The molecule has 0 heterocycles. The van der Waals surface area contributed by atoms with Gasteiger partial charge in [-0.1, -0.05) is 12.1 Å². The molecule has 0 saturated heterocycles. The minimum atomic E-state index is -0.296. The normalized spacial score (nSPS) is 10.1. The van der Waals surface area contributed by atoms with Gasteiger partial charge in [-0.3, -0.25) is 9.59 Å². The highest BCUT2D eigenvalue weighted by Gasteiger charge is 2.11. The standard InChI is InChI=1S/C18H20N2O4/c1-23-10-9-19-17(21)13-5-3-6-14(11-13)18(22)20-15-7-4-8-16(12-15)24-2/h3-8,11-12H,9-10H2,1-2H3,(H,19,21)(H,20,22). The van der Waals surface area contributed by atoms with Gasteiger partial charge >= 0.3 is 0 Å². The van der Waals surface area contributed by atoms with Crippen LogP contribution < -0.4 is 15.4 Å². The van der Waals surface area contributed by atoms with Gasteiger partial charge < -0.3 is 20.1 Å². The van der Waals surface area contributed by atoms with Crippen LogP contribution in [-0.2, 0) is 4.74 Å². The molecule has 0 atom stereocenters. The average molecular weight is 328 g/mol. The Kier molecular flexibility index (Phi) is 6.33. The molecule has 2 aromatic carbocycles. The summed E-state index contributed by atoms with van der Waals surface area (Å²) < 4.78 is 10.0. The van der Waals surface area contributed by atoms with E-state index in [4.69, 9.17) is 9.47 Å². The second-order valence-corrected chi connectivity index (χ2v) is 5.02. The molecule has 2 rings (SSSR count). The Labute approximate surface area is 140 Å². The second-order valence-electron chi connectivity index (χ2n) is 5.02. The largest absolute Gasteiger partial charge is 0.497 e. The Morgan fingerprint density at radius 2 is 1.67 bits per heavy atom. The second kappa shape index (κ2) is 8.69. The van der Waals surface area contributed by atoms with Crippen LogP contribution in [0.25, 0.3) is 0 Å². The third-order valence-electron chi connectivity index (χ3n) is 3.31. The van der Waals surface area contributed by atoms with E-state index in [1.807, 2.05) is 0 Å². The molecule has 0 unspecified atom stereocenters. The van der Waals surface area contributed by atoms with E-state index in [0.29, 0.717) is 35.7 Å². The van der Waals surface area contributed by atoms with Crippen molar-refractivity contribution in [2.75, 3.05) is 32.7 Å². The summed E-state index contributed by atoms with van der Waals surface area (Å²) in [5.74, 6) is 0.108. The Morgan fingerprint density at radius 1 is 0.958 bits per heavy atom. The molecule has 6 heteroatoms. The minimum Gasteiger partial charge on any atom is -0.497 e. The Morgan fingerprint density at radius 3 is 2.38 bits per heavy atom. The zero-order valence-corrected chi connectivity index (χ0v) is 13.7. The molecule has 0 bridgehead atoms. The SMILES string of the molecule is COCCNC(=O)c1cccc(C(=O)Nc2cccc(OC)c2)c1. The first kappa shape index (κ1) is 17.5. The fourth-order valence-corrected chi connectivity index (χ4v) is 2.07. The molecule has 0 aliphatic heterocycles. The van der Waals surface area contributed by atoms with Crippen molar-refractivity contribution < 1.29 is 19.1 Å². The zero-order valence-electron chi connectivity index (χ0n) is 13.7. The summed E-state index contributed by atoms with van der Waals surface area (Å²) in [5, 5.41) is 5.50. The van der Waals surface area contributed by atoms with Crippen LogP contribution in [0.4, 0.5) is 5.69 Å². The molecule has 0 spiro atoms. The third kappa shape index (κ3) is 4.82. The van der Waals surface area contributed by atoms with Gasteiger partial charge in [0.05, 0.1) is 13.7 Å². The van der Waals surface area contributed by atoms with Crippen molar-refractivity contribution in [1.82, 2.24) is 5.32 Å². The fourth-order valence-electron chi connectivity index (χ4n) is 2.07. The van der Waals surface area contributed by atoms with Crippen molar-refractivity contribution in [2.24, 2.45) is 0 Å². The van der Waals surface area contributed by atoms with E-state index in [9.17, 15) is 9.59 Å².